The fraction of sp³-hybridized carbons (Fsp3) is 0.300. The number of hydrogen-bond donors (Lipinski definition) is 1. The van der Waals surface area contributed by atoms with Crippen LogP contribution in [0.25, 0.3) is 0 Å². The number of nitrogens with zero attached hydrogens (tertiary/aromatic N) is 1. The monoisotopic (exact) mass is 372 g/mol. The first kappa shape index (κ1) is 19.8. The highest BCUT2D eigenvalue weighted by molar-refractivity contribution is 8.00. The molecule has 0 atom stereocenters. The fourth-order valence-electron chi connectivity index (χ4n) is 2.36. The normalized spacial score (nSPS) is 10.2. The van der Waals surface area contributed by atoms with Gasteiger partial charge in [-0.25, -0.2) is 0 Å². The third kappa shape index (κ3) is 6.11. The first-order valence-electron chi connectivity index (χ1n) is 8.61. The van der Waals surface area contributed by atoms with Gasteiger partial charge in [0.1, 0.15) is 5.75 Å². The number of nitrogens with one attached hydrogen (secondary N) is 1. The molecule has 26 heavy (non-hydrogen) atoms. The Labute approximate surface area is 158 Å². The lowest BCUT2D eigenvalue weighted by Crippen LogP contribution is -2.32. The summed E-state index contributed by atoms with van der Waals surface area (Å²) in [6, 6.07) is 16.7. The second-order valence-corrected chi connectivity index (χ2v) is 6.50. The van der Waals surface area contributed by atoms with Crippen LogP contribution in [-0.2, 0) is 9.59 Å². The zero-order valence-electron chi connectivity index (χ0n) is 15.1. The molecule has 138 valence electrons. The number of amides is 2. The first-order chi connectivity index (χ1) is 12.6. The first-order valence-corrected chi connectivity index (χ1v) is 9.76. The van der Waals surface area contributed by atoms with E-state index in [9.17, 15) is 9.59 Å². The molecule has 2 rings (SSSR count). The molecule has 0 aliphatic heterocycles. The van der Waals surface area contributed by atoms with Crippen molar-refractivity contribution in [3.8, 4) is 11.5 Å². The molecule has 0 aromatic heterocycles. The van der Waals surface area contributed by atoms with E-state index in [1.165, 1.54) is 11.8 Å². The summed E-state index contributed by atoms with van der Waals surface area (Å²) in [7, 11) is 0. The number of ether oxygens (including phenoxy) is 1. The molecular formula is C20H24N2O3S. The molecule has 0 radical (unpaired) electrons. The summed E-state index contributed by atoms with van der Waals surface area (Å²) < 4.78 is 5.83. The summed E-state index contributed by atoms with van der Waals surface area (Å²) in [4.78, 5) is 25.9. The number of rotatable bonds is 9. The van der Waals surface area contributed by atoms with Crippen LogP contribution in [0.1, 0.15) is 13.8 Å². The number of hydrogen-bond acceptors (Lipinski definition) is 4. The van der Waals surface area contributed by atoms with E-state index in [1.54, 1.807) is 17.0 Å². The van der Waals surface area contributed by atoms with Crippen LogP contribution >= 0.6 is 11.8 Å². The number of para-hydroxylation sites is 3. The van der Waals surface area contributed by atoms with Crippen LogP contribution in [0.3, 0.4) is 0 Å². The average Bonchev–Trinajstić information content (AvgIpc) is 2.65. The van der Waals surface area contributed by atoms with Crippen LogP contribution < -0.4 is 10.1 Å². The maximum absolute atomic E-state index is 12.2. The van der Waals surface area contributed by atoms with Crippen LogP contribution in [0.5, 0.6) is 11.5 Å². The van der Waals surface area contributed by atoms with Crippen LogP contribution in [0.2, 0.25) is 0 Å². The topological polar surface area (TPSA) is 58.6 Å². The fourth-order valence-corrected chi connectivity index (χ4v) is 3.08. The van der Waals surface area contributed by atoms with Crippen molar-refractivity contribution in [3.63, 3.8) is 0 Å². The van der Waals surface area contributed by atoms with Gasteiger partial charge in [-0.05, 0) is 38.1 Å². The van der Waals surface area contributed by atoms with E-state index in [2.05, 4.69) is 5.32 Å². The Kier molecular flexibility index (Phi) is 8.02. The molecule has 0 aliphatic carbocycles. The maximum Gasteiger partial charge on any atom is 0.234 e. The minimum absolute atomic E-state index is 0.0561. The lowest BCUT2D eigenvalue weighted by molar-refractivity contribution is -0.127. The Morgan fingerprint density at radius 2 is 1.62 bits per heavy atom. The Hall–Kier alpha value is -2.47. The average molecular weight is 372 g/mol. The highest BCUT2D eigenvalue weighted by Crippen LogP contribution is 2.29. The molecule has 2 aromatic carbocycles. The molecule has 2 amide bonds. The van der Waals surface area contributed by atoms with E-state index in [-0.39, 0.29) is 17.6 Å². The quantitative estimate of drug-likeness (QED) is 0.722. The Balaban J connectivity index is 1.88. The molecule has 0 heterocycles. The van der Waals surface area contributed by atoms with Crippen molar-refractivity contribution in [1.82, 2.24) is 4.90 Å². The minimum Gasteiger partial charge on any atom is -0.455 e. The molecule has 2 aromatic rings. The van der Waals surface area contributed by atoms with Crippen molar-refractivity contribution >= 4 is 29.3 Å². The van der Waals surface area contributed by atoms with Gasteiger partial charge in [-0.2, -0.15) is 0 Å². The Morgan fingerprint density at radius 3 is 2.31 bits per heavy atom. The van der Waals surface area contributed by atoms with Gasteiger partial charge >= 0.3 is 0 Å². The van der Waals surface area contributed by atoms with Crippen molar-refractivity contribution in [1.29, 1.82) is 0 Å². The third-order valence-electron chi connectivity index (χ3n) is 3.71. The Morgan fingerprint density at radius 1 is 0.962 bits per heavy atom. The van der Waals surface area contributed by atoms with Gasteiger partial charge in [0.05, 0.1) is 17.2 Å². The molecule has 0 fully saturated rings. The van der Waals surface area contributed by atoms with Crippen LogP contribution in [0.15, 0.2) is 54.6 Å². The standard InChI is InChI=1S/C20H24N2O3S/c1-3-22(4-2)20(24)15-26-14-19(23)21-17-12-8-9-13-18(17)25-16-10-6-5-7-11-16/h5-13H,3-4,14-15H2,1-2H3,(H,21,23). The number of thioether (sulfide) groups is 1. The van der Waals surface area contributed by atoms with Gasteiger partial charge in [0.2, 0.25) is 11.8 Å². The van der Waals surface area contributed by atoms with Crippen molar-refractivity contribution in [2.24, 2.45) is 0 Å². The molecule has 6 heteroatoms. The van der Waals surface area contributed by atoms with Gasteiger partial charge in [-0.3, -0.25) is 9.59 Å². The summed E-state index contributed by atoms with van der Waals surface area (Å²) in [5.74, 6) is 1.70. The largest absolute Gasteiger partial charge is 0.455 e. The smallest absolute Gasteiger partial charge is 0.234 e. The highest BCUT2D eigenvalue weighted by Gasteiger charge is 2.12. The molecule has 0 spiro atoms. The molecule has 1 N–H and O–H groups in total. The molecule has 0 unspecified atom stereocenters. The van der Waals surface area contributed by atoms with E-state index < -0.39 is 0 Å². The second kappa shape index (κ2) is 10.5. The van der Waals surface area contributed by atoms with Crippen LogP contribution in [0, 0.1) is 0 Å². The van der Waals surface area contributed by atoms with Gasteiger partial charge < -0.3 is 15.0 Å². The summed E-state index contributed by atoms with van der Waals surface area (Å²) in [6.45, 7) is 5.27. The Bertz CT molecular complexity index is 718. The summed E-state index contributed by atoms with van der Waals surface area (Å²) in [5.41, 5.74) is 0.608. The minimum atomic E-state index is -0.161. The van der Waals surface area contributed by atoms with Gasteiger partial charge in [0.15, 0.2) is 5.75 Å². The van der Waals surface area contributed by atoms with E-state index in [1.807, 2.05) is 56.3 Å². The SMILES string of the molecule is CCN(CC)C(=O)CSCC(=O)Nc1ccccc1Oc1ccccc1. The number of carbonyl (C=O) groups is 2. The van der Waals surface area contributed by atoms with Crippen molar-refractivity contribution in [2.45, 2.75) is 13.8 Å². The van der Waals surface area contributed by atoms with E-state index in [0.29, 0.717) is 36.0 Å². The van der Waals surface area contributed by atoms with Gasteiger partial charge in [0, 0.05) is 13.1 Å². The number of anilines is 1. The summed E-state index contributed by atoms with van der Waals surface area (Å²) >= 11 is 1.31. The van der Waals surface area contributed by atoms with Crippen LogP contribution in [-0.4, -0.2) is 41.3 Å². The lowest BCUT2D eigenvalue weighted by Gasteiger charge is -2.18. The van der Waals surface area contributed by atoms with Crippen LogP contribution in [0.4, 0.5) is 5.69 Å². The molecule has 0 aliphatic rings. The van der Waals surface area contributed by atoms with Crippen molar-refractivity contribution in [3.05, 3.63) is 54.6 Å². The zero-order chi connectivity index (χ0) is 18.8. The van der Waals surface area contributed by atoms with Crippen molar-refractivity contribution < 1.29 is 14.3 Å². The molecule has 0 saturated carbocycles. The van der Waals surface area contributed by atoms with Gasteiger partial charge in [-0.1, -0.05) is 30.3 Å². The molecule has 0 saturated heterocycles. The second-order valence-electron chi connectivity index (χ2n) is 5.52. The molecular weight excluding hydrogens is 348 g/mol. The molecule has 0 bridgehead atoms. The predicted molar refractivity (Wildman–Crippen MR) is 107 cm³/mol. The lowest BCUT2D eigenvalue weighted by atomic mass is 10.3. The highest BCUT2D eigenvalue weighted by atomic mass is 32.2. The summed E-state index contributed by atoms with van der Waals surface area (Å²) in [5, 5.41) is 2.85. The van der Waals surface area contributed by atoms with Gasteiger partial charge in [-0.15, -0.1) is 11.8 Å². The maximum atomic E-state index is 12.2. The van der Waals surface area contributed by atoms with E-state index in [4.69, 9.17) is 4.74 Å². The zero-order valence-corrected chi connectivity index (χ0v) is 15.9. The van der Waals surface area contributed by atoms with Gasteiger partial charge in [0.25, 0.3) is 0 Å². The van der Waals surface area contributed by atoms with E-state index >= 15 is 0 Å². The van der Waals surface area contributed by atoms with Crippen molar-refractivity contribution in [2.75, 3.05) is 29.9 Å². The third-order valence-corrected chi connectivity index (χ3v) is 4.62. The van der Waals surface area contributed by atoms with E-state index in [0.717, 1.165) is 0 Å². The predicted octanol–water partition coefficient (Wildman–Crippen LogP) is 4.02. The summed E-state index contributed by atoms with van der Waals surface area (Å²) in [6.07, 6.45) is 0. The molecule has 5 nitrogen and oxygen atoms in total. The number of carbonyl (C=O) groups excluding carboxylic acids is 2. The number of benzene rings is 2.